The Kier molecular flexibility index (Phi) is 4.27. The molecule has 1 aliphatic heterocycles. The number of rotatable bonds is 3. The highest BCUT2D eigenvalue weighted by molar-refractivity contribution is 9.10. The van der Waals surface area contributed by atoms with Gasteiger partial charge in [0.15, 0.2) is 0 Å². The van der Waals surface area contributed by atoms with E-state index in [9.17, 15) is 4.39 Å². The van der Waals surface area contributed by atoms with Gasteiger partial charge in [0.25, 0.3) is 0 Å². The highest BCUT2D eigenvalue weighted by atomic mass is 79.9. The van der Waals surface area contributed by atoms with Gasteiger partial charge in [-0.25, -0.2) is 4.39 Å². The highest BCUT2D eigenvalue weighted by Gasteiger charge is 2.23. The Balaban J connectivity index is 2.04. The van der Waals surface area contributed by atoms with Gasteiger partial charge in [-0.05, 0) is 54.0 Å². The second kappa shape index (κ2) is 5.52. The molecule has 0 aromatic heterocycles. The minimum atomic E-state index is -0.149. The molecule has 1 heterocycles. The monoisotopic (exact) mass is 303 g/mol. The number of thioether (sulfide) groups is 1. The van der Waals surface area contributed by atoms with Crippen LogP contribution in [0.3, 0.4) is 0 Å². The maximum atomic E-state index is 13.5. The SMILES string of the molecule is NC(Cc1cc(Br)ccc1F)C1CCSC1. The molecule has 0 bridgehead atoms. The molecule has 1 aliphatic rings. The second-order valence-corrected chi connectivity index (χ2v) is 6.29. The average molecular weight is 304 g/mol. The topological polar surface area (TPSA) is 26.0 Å². The minimum Gasteiger partial charge on any atom is -0.327 e. The van der Waals surface area contributed by atoms with Crippen molar-refractivity contribution in [1.29, 1.82) is 0 Å². The fourth-order valence-corrected chi connectivity index (χ4v) is 3.77. The Morgan fingerprint density at radius 2 is 2.38 bits per heavy atom. The van der Waals surface area contributed by atoms with Gasteiger partial charge in [0.05, 0.1) is 0 Å². The highest BCUT2D eigenvalue weighted by Crippen LogP contribution is 2.27. The first-order chi connectivity index (χ1) is 7.66. The third-order valence-corrected chi connectivity index (χ3v) is 4.72. The van der Waals surface area contributed by atoms with Crippen molar-refractivity contribution in [2.24, 2.45) is 11.7 Å². The Morgan fingerprint density at radius 1 is 1.56 bits per heavy atom. The predicted molar refractivity (Wildman–Crippen MR) is 71.2 cm³/mol. The summed E-state index contributed by atoms with van der Waals surface area (Å²) in [5.74, 6) is 2.71. The van der Waals surface area contributed by atoms with Crippen molar-refractivity contribution >= 4 is 27.7 Å². The van der Waals surface area contributed by atoms with Crippen molar-refractivity contribution in [3.05, 3.63) is 34.1 Å². The van der Waals surface area contributed by atoms with Crippen LogP contribution in [-0.4, -0.2) is 17.5 Å². The van der Waals surface area contributed by atoms with Crippen LogP contribution in [0, 0.1) is 11.7 Å². The summed E-state index contributed by atoms with van der Waals surface area (Å²) in [6.45, 7) is 0. The van der Waals surface area contributed by atoms with Crippen LogP contribution in [-0.2, 0) is 6.42 Å². The van der Waals surface area contributed by atoms with Gasteiger partial charge in [-0.2, -0.15) is 11.8 Å². The molecule has 88 valence electrons. The molecule has 0 amide bonds. The molecule has 16 heavy (non-hydrogen) atoms. The fourth-order valence-electron chi connectivity index (χ4n) is 2.01. The summed E-state index contributed by atoms with van der Waals surface area (Å²) < 4.78 is 14.4. The molecule has 1 fully saturated rings. The number of hydrogen-bond donors (Lipinski definition) is 1. The normalized spacial score (nSPS) is 22.3. The van der Waals surface area contributed by atoms with Crippen molar-refractivity contribution in [2.45, 2.75) is 18.9 Å². The van der Waals surface area contributed by atoms with E-state index in [0.717, 1.165) is 15.8 Å². The summed E-state index contributed by atoms with van der Waals surface area (Å²) in [7, 11) is 0. The minimum absolute atomic E-state index is 0.0822. The van der Waals surface area contributed by atoms with Gasteiger partial charge in [0, 0.05) is 10.5 Å². The lowest BCUT2D eigenvalue weighted by Gasteiger charge is -2.18. The Morgan fingerprint density at radius 3 is 3.06 bits per heavy atom. The van der Waals surface area contributed by atoms with Crippen molar-refractivity contribution in [2.75, 3.05) is 11.5 Å². The van der Waals surface area contributed by atoms with E-state index in [2.05, 4.69) is 15.9 Å². The smallest absolute Gasteiger partial charge is 0.126 e. The summed E-state index contributed by atoms with van der Waals surface area (Å²) in [5, 5.41) is 0. The van der Waals surface area contributed by atoms with Crippen molar-refractivity contribution in [3.8, 4) is 0 Å². The molecule has 2 N–H and O–H groups in total. The summed E-state index contributed by atoms with van der Waals surface area (Å²) in [6.07, 6.45) is 1.80. The molecule has 2 rings (SSSR count). The molecule has 1 aromatic rings. The van der Waals surface area contributed by atoms with E-state index in [1.807, 2.05) is 17.8 Å². The van der Waals surface area contributed by atoms with Crippen LogP contribution >= 0.6 is 27.7 Å². The first kappa shape index (κ1) is 12.4. The molecular weight excluding hydrogens is 289 g/mol. The van der Waals surface area contributed by atoms with E-state index in [1.54, 1.807) is 6.07 Å². The van der Waals surface area contributed by atoms with Crippen molar-refractivity contribution in [1.82, 2.24) is 0 Å². The number of hydrogen-bond acceptors (Lipinski definition) is 2. The maximum Gasteiger partial charge on any atom is 0.126 e. The molecule has 0 saturated carbocycles. The van der Waals surface area contributed by atoms with Gasteiger partial charge >= 0.3 is 0 Å². The van der Waals surface area contributed by atoms with Crippen molar-refractivity contribution in [3.63, 3.8) is 0 Å². The van der Waals surface area contributed by atoms with E-state index < -0.39 is 0 Å². The first-order valence-electron chi connectivity index (χ1n) is 5.44. The van der Waals surface area contributed by atoms with E-state index in [4.69, 9.17) is 5.73 Å². The van der Waals surface area contributed by atoms with Gasteiger partial charge in [-0.15, -0.1) is 0 Å². The lowest BCUT2D eigenvalue weighted by molar-refractivity contribution is 0.455. The van der Waals surface area contributed by atoms with Gasteiger partial charge in [0.1, 0.15) is 5.82 Å². The van der Waals surface area contributed by atoms with E-state index >= 15 is 0 Å². The molecule has 0 aliphatic carbocycles. The zero-order valence-electron chi connectivity index (χ0n) is 8.96. The molecule has 2 atom stereocenters. The van der Waals surface area contributed by atoms with E-state index in [-0.39, 0.29) is 11.9 Å². The molecule has 1 nitrogen and oxygen atoms in total. The van der Waals surface area contributed by atoms with E-state index in [0.29, 0.717) is 12.3 Å². The zero-order chi connectivity index (χ0) is 11.5. The molecule has 4 heteroatoms. The van der Waals surface area contributed by atoms with Gasteiger partial charge in [0.2, 0.25) is 0 Å². The van der Waals surface area contributed by atoms with Crippen LogP contribution in [0.15, 0.2) is 22.7 Å². The molecule has 0 spiro atoms. The largest absolute Gasteiger partial charge is 0.327 e. The molecule has 2 unspecified atom stereocenters. The zero-order valence-corrected chi connectivity index (χ0v) is 11.4. The number of halogens is 2. The summed E-state index contributed by atoms with van der Waals surface area (Å²) >= 11 is 5.30. The van der Waals surface area contributed by atoms with Gasteiger partial charge in [-0.1, -0.05) is 15.9 Å². The van der Waals surface area contributed by atoms with Crippen LogP contribution in [0.25, 0.3) is 0 Å². The number of nitrogens with two attached hydrogens (primary N) is 1. The summed E-state index contributed by atoms with van der Waals surface area (Å²) in [5.41, 5.74) is 6.86. The van der Waals surface area contributed by atoms with E-state index in [1.165, 1.54) is 18.2 Å². The second-order valence-electron chi connectivity index (χ2n) is 4.23. The van der Waals surface area contributed by atoms with Crippen LogP contribution in [0.2, 0.25) is 0 Å². The Labute approximate surface area is 108 Å². The maximum absolute atomic E-state index is 13.5. The summed E-state index contributed by atoms with van der Waals surface area (Å²) in [6, 6.07) is 5.13. The lowest BCUT2D eigenvalue weighted by atomic mass is 9.94. The standard InChI is InChI=1S/C12H15BrFNS/c13-10-1-2-11(14)9(5-10)6-12(15)8-3-4-16-7-8/h1-2,5,8,12H,3-4,6-7,15H2. The first-order valence-corrected chi connectivity index (χ1v) is 7.39. The van der Waals surface area contributed by atoms with Crippen molar-refractivity contribution < 1.29 is 4.39 Å². The third-order valence-electron chi connectivity index (χ3n) is 3.03. The molecular formula is C12H15BrFNS. The Hall–Kier alpha value is -0.0600. The van der Waals surface area contributed by atoms with Crippen LogP contribution in [0.5, 0.6) is 0 Å². The predicted octanol–water partition coefficient (Wildman–Crippen LogP) is 3.21. The number of benzene rings is 1. The lowest BCUT2D eigenvalue weighted by Crippen LogP contribution is -2.32. The molecule has 1 saturated heterocycles. The quantitative estimate of drug-likeness (QED) is 0.928. The average Bonchev–Trinajstić information content (AvgIpc) is 2.76. The molecule has 1 aromatic carbocycles. The fraction of sp³-hybridized carbons (Fsp3) is 0.500. The molecule has 0 radical (unpaired) electrons. The van der Waals surface area contributed by atoms with Gasteiger partial charge in [-0.3, -0.25) is 0 Å². The van der Waals surface area contributed by atoms with Crippen LogP contribution in [0.1, 0.15) is 12.0 Å². The van der Waals surface area contributed by atoms with Gasteiger partial charge < -0.3 is 5.73 Å². The summed E-state index contributed by atoms with van der Waals surface area (Å²) in [4.78, 5) is 0. The third kappa shape index (κ3) is 2.99. The van der Waals surface area contributed by atoms with Crippen LogP contribution < -0.4 is 5.73 Å². The van der Waals surface area contributed by atoms with Crippen LogP contribution in [0.4, 0.5) is 4.39 Å². The Bertz CT molecular complexity index is 366.